The molecule has 0 aliphatic heterocycles. The zero-order valence-corrected chi connectivity index (χ0v) is 5.87. The van der Waals surface area contributed by atoms with Gasteiger partial charge in [0.15, 0.2) is 0 Å². The Balaban J connectivity index is 3.69. The van der Waals surface area contributed by atoms with Gasteiger partial charge in [-0.1, -0.05) is 5.11 Å². The third kappa shape index (κ3) is 4.73. The van der Waals surface area contributed by atoms with E-state index in [1.54, 1.807) is 0 Å². The summed E-state index contributed by atoms with van der Waals surface area (Å²) < 4.78 is 0. The topological polar surface area (TPSA) is 107 Å². The lowest BCUT2D eigenvalue weighted by Gasteiger charge is -1.98. The maximum atomic E-state index is 10.5. The average molecular weight is 157 g/mol. The fourth-order valence-corrected chi connectivity index (χ4v) is 0.325. The molecule has 0 saturated carbocycles. The molecule has 0 heterocycles. The van der Waals surface area contributed by atoms with Crippen molar-refractivity contribution in [2.24, 2.45) is 5.11 Å². The molecule has 0 rings (SSSR count). The smallest absolute Gasteiger partial charge is 0.321 e. The van der Waals surface area contributed by atoms with Crippen molar-refractivity contribution in [3.05, 3.63) is 10.4 Å². The van der Waals surface area contributed by atoms with Crippen LogP contribution in [0.1, 0.15) is 0 Å². The number of urea groups is 1. The van der Waals surface area contributed by atoms with Gasteiger partial charge < -0.3 is 5.32 Å². The molecule has 0 radical (unpaired) electrons. The van der Waals surface area contributed by atoms with E-state index in [0.717, 1.165) is 0 Å². The third-order valence-corrected chi connectivity index (χ3v) is 0.758. The van der Waals surface area contributed by atoms with Crippen LogP contribution >= 0.6 is 0 Å². The van der Waals surface area contributed by atoms with Gasteiger partial charge in [-0.2, -0.15) is 0 Å². The molecular formula is C4H7N5O2. The summed E-state index contributed by atoms with van der Waals surface area (Å²) in [5, 5.41) is 7.02. The van der Waals surface area contributed by atoms with E-state index in [9.17, 15) is 9.59 Å². The van der Waals surface area contributed by atoms with Crippen molar-refractivity contribution in [2.75, 3.05) is 13.6 Å². The van der Waals surface area contributed by atoms with Crippen LogP contribution in [0.25, 0.3) is 10.4 Å². The summed E-state index contributed by atoms with van der Waals surface area (Å²) in [5.74, 6) is -0.637. The molecule has 0 unspecified atom stereocenters. The molecule has 0 aliphatic carbocycles. The minimum atomic E-state index is -0.637. The highest BCUT2D eigenvalue weighted by Crippen LogP contribution is 1.71. The number of nitrogens with one attached hydrogen (secondary N) is 2. The molecule has 7 heteroatoms. The molecule has 0 atom stereocenters. The van der Waals surface area contributed by atoms with Gasteiger partial charge in [0.25, 0.3) is 0 Å². The second-order valence-corrected chi connectivity index (χ2v) is 1.52. The first-order valence-corrected chi connectivity index (χ1v) is 2.73. The number of imide groups is 1. The van der Waals surface area contributed by atoms with Gasteiger partial charge in [-0.15, -0.1) is 0 Å². The molecule has 60 valence electrons. The molecule has 0 bridgehead atoms. The molecule has 0 spiro atoms. The molecule has 11 heavy (non-hydrogen) atoms. The van der Waals surface area contributed by atoms with Gasteiger partial charge in [-0.05, 0) is 5.53 Å². The number of amides is 3. The number of hydrogen-bond donors (Lipinski definition) is 2. The Morgan fingerprint density at radius 3 is 2.73 bits per heavy atom. The molecule has 7 nitrogen and oxygen atoms in total. The lowest BCUT2D eigenvalue weighted by molar-refractivity contribution is -0.118. The molecule has 0 aliphatic rings. The van der Waals surface area contributed by atoms with Crippen LogP contribution in [0.4, 0.5) is 4.79 Å². The van der Waals surface area contributed by atoms with Crippen LogP contribution in [0.3, 0.4) is 0 Å². The number of carbonyl (C=O) groups excluding carboxylic acids is 2. The first-order valence-electron chi connectivity index (χ1n) is 2.73. The fraction of sp³-hybridized carbons (Fsp3) is 0.500. The molecule has 2 N–H and O–H groups in total. The number of rotatable bonds is 2. The van der Waals surface area contributed by atoms with Crippen molar-refractivity contribution in [1.82, 2.24) is 10.6 Å². The zero-order chi connectivity index (χ0) is 8.69. The highest BCUT2D eigenvalue weighted by atomic mass is 16.2. The van der Waals surface area contributed by atoms with Crippen LogP contribution in [-0.4, -0.2) is 25.5 Å². The molecule has 0 aromatic heterocycles. The summed E-state index contributed by atoms with van der Waals surface area (Å²) >= 11 is 0. The van der Waals surface area contributed by atoms with Gasteiger partial charge in [-0.25, -0.2) is 4.79 Å². The van der Waals surface area contributed by atoms with E-state index in [0.29, 0.717) is 0 Å². The summed E-state index contributed by atoms with van der Waals surface area (Å²) in [6.07, 6.45) is 0. The van der Waals surface area contributed by atoms with Gasteiger partial charge in [0.1, 0.15) is 6.54 Å². The average Bonchev–Trinajstić information content (AvgIpc) is 2.00. The van der Waals surface area contributed by atoms with Crippen LogP contribution in [0, 0.1) is 0 Å². The van der Waals surface area contributed by atoms with Crippen LogP contribution in [0.2, 0.25) is 0 Å². The monoisotopic (exact) mass is 157 g/mol. The van der Waals surface area contributed by atoms with E-state index in [-0.39, 0.29) is 6.54 Å². The summed E-state index contributed by atoms with van der Waals surface area (Å²) in [4.78, 5) is 23.3. The van der Waals surface area contributed by atoms with E-state index in [2.05, 4.69) is 15.3 Å². The predicted octanol–water partition coefficient (Wildman–Crippen LogP) is -0.248. The number of nitrogens with zero attached hydrogens (tertiary/aromatic N) is 3. The first-order chi connectivity index (χ1) is 5.20. The standard InChI is InChI=1S/C4H7N5O2/c1-6-4(11)8-3(10)2-7-9-5/h2H2,1H3,(H2,6,8,10,11). The minimum Gasteiger partial charge on any atom is -0.341 e. The molecule has 0 aromatic carbocycles. The summed E-state index contributed by atoms with van der Waals surface area (Å²) in [6.45, 7) is -0.371. The van der Waals surface area contributed by atoms with Gasteiger partial charge in [-0.3, -0.25) is 10.1 Å². The quantitative estimate of drug-likeness (QED) is 0.327. The van der Waals surface area contributed by atoms with Crippen molar-refractivity contribution in [3.8, 4) is 0 Å². The zero-order valence-electron chi connectivity index (χ0n) is 5.87. The highest BCUT2D eigenvalue weighted by molar-refractivity contribution is 5.95. The van der Waals surface area contributed by atoms with Crippen LogP contribution < -0.4 is 10.6 Å². The maximum absolute atomic E-state index is 10.5. The maximum Gasteiger partial charge on any atom is 0.321 e. The van der Waals surface area contributed by atoms with E-state index in [1.807, 2.05) is 5.32 Å². The molecule has 0 saturated heterocycles. The SMILES string of the molecule is CNC(=O)NC(=O)CN=[N+]=[N-]. The summed E-state index contributed by atoms with van der Waals surface area (Å²) in [5.41, 5.74) is 7.78. The lowest BCUT2D eigenvalue weighted by Crippen LogP contribution is -2.38. The van der Waals surface area contributed by atoms with Crippen molar-refractivity contribution in [3.63, 3.8) is 0 Å². The Kier molecular flexibility index (Phi) is 4.26. The third-order valence-electron chi connectivity index (χ3n) is 0.758. The highest BCUT2D eigenvalue weighted by Gasteiger charge is 2.02. The van der Waals surface area contributed by atoms with Crippen molar-refractivity contribution >= 4 is 11.9 Å². The van der Waals surface area contributed by atoms with E-state index >= 15 is 0 Å². The van der Waals surface area contributed by atoms with Crippen molar-refractivity contribution in [1.29, 1.82) is 0 Å². The molecular weight excluding hydrogens is 150 g/mol. The Bertz CT molecular complexity index is 207. The molecule has 3 amide bonds. The minimum absolute atomic E-state index is 0.371. The van der Waals surface area contributed by atoms with Gasteiger partial charge in [0, 0.05) is 12.0 Å². The van der Waals surface area contributed by atoms with Crippen molar-refractivity contribution < 1.29 is 9.59 Å². The fourth-order valence-electron chi connectivity index (χ4n) is 0.325. The van der Waals surface area contributed by atoms with E-state index < -0.39 is 11.9 Å². The number of azide groups is 1. The normalized spacial score (nSPS) is 7.73. The summed E-state index contributed by atoms with van der Waals surface area (Å²) in [6, 6.07) is -0.622. The number of carbonyl (C=O) groups is 2. The Labute approximate surface area is 62.4 Å². The predicted molar refractivity (Wildman–Crippen MR) is 36.6 cm³/mol. The van der Waals surface area contributed by atoms with Gasteiger partial charge >= 0.3 is 6.03 Å². The van der Waals surface area contributed by atoms with E-state index in [4.69, 9.17) is 5.53 Å². The van der Waals surface area contributed by atoms with Crippen molar-refractivity contribution in [2.45, 2.75) is 0 Å². The van der Waals surface area contributed by atoms with Gasteiger partial charge in [0.05, 0.1) is 0 Å². The largest absolute Gasteiger partial charge is 0.341 e. The Morgan fingerprint density at radius 2 is 2.27 bits per heavy atom. The first kappa shape index (κ1) is 9.25. The van der Waals surface area contributed by atoms with Crippen LogP contribution in [0.15, 0.2) is 5.11 Å². The second-order valence-electron chi connectivity index (χ2n) is 1.52. The Hall–Kier alpha value is -1.75. The van der Waals surface area contributed by atoms with E-state index in [1.165, 1.54) is 7.05 Å². The van der Waals surface area contributed by atoms with Crippen LogP contribution in [-0.2, 0) is 4.79 Å². The second kappa shape index (κ2) is 5.07. The van der Waals surface area contributed by atoms with Crippen LogP contribution in [0.5, 0.6) is 0 Å². The number of hydrogen-bond acceptors (Lipinski definition) is 3. The molecule has 0 aromatic rings. The van der Waals surface area contributed by atoms with Gasteiger partial charge in [0.2, 0.25) is 5.91 Å². The Morgan fingerprint density at radius 1 is 1.64 bits per heavy atom. The molecule has 0 fully saturated rings. The summed E-state index contributed by atoms with van der Waals surface area (Å²) in [7, 11) is 1.37. The lowest BCUT2D eigenvalue weighted by atomic mass is 10.6.